The molecule has 1 saturated carbocycles. The zero-order valence-corrected chi connectivity index (χ0v) is 8.37. The fourth-order valence-corrected chi connectivity index (χ4v) is 1.51. The molecule has 1 aliphatic rings. The van der Waals surface area contributed by atoms with Gasteiger partial charge in [-0.25, -0.2) is 5.43 Å². The zero-order valence-electron chi connectivity index (χ0n) is 8.37. The first-order chi connectivity index (χ1) is 6.65. The molecule has 0 aromatic rings. The van der Waals surface area contributed by atoms with E-state index in [0.29, 0.717) is 5.71 Å². The van der Waals surface area contributed by atoms with E-state index in [2.05, 4.69) is 15.3 Å². The molecule has 1 amide bonds. The van der Waals surface area contributed by atoms with Crippen LogP contribution >= 0.6 is 0 Å². The molecule has 1 unspecified atom stereocenters. The van der Waals surface area contributed by atoms with Crippen molar-refractivity contribution in [1.82, 2.24) is 5.43 Å². The minimum atomic E-state index is -0.272. The summed E-state index contributed by atoms with van der Waals surface area (Å²) in [6.45, 7) is 1.38. The molecule has 1 aliphatic carbocycles. The summed E-state index contributed by atoms with van der Waals surface area (Å²) >= 11 is 0. The fourth-order valence-electron chi connectivity index (χ4n) is 1.51. The predicted molar refractivity (Wildman–Crippen MR) is 50.6 cm³/mol. The van der Waals surface area contributed by atoms with E-state index in [1.54, 1.807) is 0 Å². The molecule has 5 nitrogen and oxygen atoms in total. The summed E-state index contributed by atoms with van der Waals surface area (Å²) in [6.07, 6.45) is 2.42. The molecular formula is C9H14N2O3. The summed E-state index contributed by atoms with van der Waals surface area (Å²) in [7, 11) is 1.36. The van der Waals surface area contributed by atoms with Crippen molar-refractivity contribution in [1.29, 1.82) is 0 Å². The normalized spacial score (nSPS) is 23.6. The molecule has 0 saturated heterocycles. The Morgan fingerprint density at radius 2 is 2.29 bits per heavy atom. The molecule has 14 heavy (non-hydrogen) atoms. The first-order valence-corrected chi connectivity index (χ1v) is 4.56. The van der Waals surface area contributed by atoms with E-state index in [-0.39, 0.29) is 17.8 Å². The topological polar surface area (TPSA) is 67.8 Å². The third kappa shape index (κ3) is 2.55. The molecule has 0 spiro atoms. The van der Waals surface area contributed by atoms with Gasteiger partial charge in [0.1, 0.15) is 0 Å². The Hall–Kier alpha value is -1.39. The lowest BCUT2D eigenvalue weighted by molar-refractivity contribution is -0.143. The van der Waals surface area contributed by atoms with E-state index in [9.17, 15) is 9.59 Å². The highest BCUT2D eigenvalue weighted by Gasteiger charge is 2.30. The molecule has 1 rings (SSSR count). The number of ether oxygens (including phenoxy) is 1. The van der Waals surface area contributed by atoms with E-state index in [4.69, 9.17) is 0 Å². The van der Waals surface area contributed by atoms with Crippen molar-refractivity contribution in [3.8, 4) is 0 Å². The van der Waals surface area contributed by atoms with Crippen molar-refractivity contribution < 1.29 is 14.3 Å². The molecule has 0 bridgehead atoms. The van der Waals surface area contributed by atoms with Crippen molar-refractivity contribution in [2.75, 3.05) is 7.11 Å². The minimum Gasteiger partial charge on any atom is -0.469 e. The molecule has 0 aromatic heterocycles. The van der Waals surface area contributed by atoms with Crippen LogP contribution in [0, 0.1) is 5.92 Å². The van der Waals surface area contributed by atoms with Crippen molar-refractivity contribution >= 4 is 17.6 Å². The monoisotopic (exact) mass is 198 g/mol. The second-order valence-electron chi connectivity index (χ2n) is 3.24. The van der Waals surface area contributed by atoms with E-state index in [1.165, 1.54) is 14.0 Å². The van der Waals surface area contributed by atoms with Crippen molar-refractivity contribution in [3.05, 3.63) is 0 Å². The summed E-state index contributed by atoms with van der Waals surface area (Å²) in [4.78, 5) is 21.9. The third-order valence-corrected chi connectivity index (χ3v) is 2.17. The Bertz CT molecular complexity index is 273. The molecular weight excluding hydrogens is 184 g/mol. The number of methoxy groups -OCH3 is 1. The maximum Gasteiger partial charge on any atom is 0.314 e. The number of nitrogens with zero attached hydrogens (tertiary/aromatic N) is 1. The van der Waals surface area contributed by atoms with Gasteiger partial charge in [-0.15, -0.1) is 0 Å². The number of rotatable bonds is 2. The fraction of sp³-hybridized carbons (Fsp3) is 0.667. The van der Waals surface area contributed by atoms with Crippen LogP contribution in [0.1, 0.15) is 26.2 Å². The average molecular weight is 198 g/mol. The zero-order chi connectivity index (χ0) is 10.6. The number of carbonyl (C=O) groups excluding carboxylic acids is 2. The van der Waals surface area contributed by atoms with Crippen molar-refractivity contribution in [2.24, 2.45) is 11.0 Å². The second kappa shape index (κ2) is 4.74. The summed E-state index contributed by atoms with van der Waals surface area (Å²) < 4.78 is 4.64. The van der Waals surface area contributed by atoms with Crippen LogP contribution in [0.2, 0.25) is 0 Å². The lowest BCUT2D eigenvalue weighted by atomic mass is 10.1. The molecule has 5 heteroatoms. The Morgan fingerprint density at radius 3 is 2.86 bits per heavy atom. The third-order valence-electron chi connectivity index (χ3n) is 2.17. The summed E-state index contributed by atoms with van der Waals surface area (Å²) in [5, 5.41) is 3.89. The molecule has 0 radical (unpaired) electrons. The number of nitrogens with one attached hydrogen (secondary N) is 1. The van der Waals surface area contributed by atoms with E-state index >= 15 is 0 Å². The second-order valence-corrected chi connectivity index (χ2v) is 3.24. The number of amides is 1. The van der Waals surface area contributed by atoms with E-state index < -0.39 is 0 Å². The number of hydrogen-bond donors (Lipinski definition) is 1. The van der Waals surface area contributed by atoms with Crippen LogP contribution in [-0.2, 0) is 14.3 Å². The SMILES string of the molecule is COC(=O)C1CCC/C1=N\NC(C)=O. The lowest BCUT2D eigenvalue weighted by Crippen LogP contribution is -2.24. The first kappa shape index (κ1) is 10.7. The van der Waals surface area contributed by atoms with Gasteiger partial charge in [-0.2, -0.15) is 5.10 Å². The van der Waals surface area contributed by atoms with Gasteiger partial charge in [-0.3, -0.25) is 9.59 Å². The first-order valence-electron chi connectivity index (χ1n) is 4.56. The Balaban J connectivity index is 2.63. The number of carbonyl (C=O) groups is 2. The standard InChI is InChI=1S/C9H14N2O3/c1-6(12)10-11-8-5-3-4-7(8)9(13)14-2/h7H,3-5H2,1-2H3,(H,10,12)/b11-8+. The number of hydrazone groups is 1. The van der Waals surface area contributed by atoms with Crippen LogP contribution in [0.3, 0.4) is 0 Å². The van der Waals surface area contributed by atoms with Gasteiger partial charge in [0.25, 0.3) is 0 Å². The van der Waals surface area contributed by atoms with Crippen molar-refractivity contribution in [3.63, 3.8) is 0 Å². The minimum absolute atomic E-state index is 0.229. The van der Waals surface area contributed by atoms with E-state index in [1.807, 2.05) is 0 Å². The van der Waals surface area contributed by atoms with E-state index in [0.717, 1.165) is 19.3 Å². The molecule has 0 heterocycles. The highest BCUT2D eigenvalue weighted by atomic mass is 16.5. The van der Waals surface area contributed by atoms with Crippen LogP contribution in [0.25, 0.3) is 0 Å². The highest BCUT2D eigenvalue weighted by Crippen LogP contribution is 2.23. The van der Waals surface area contributed by atoms with Crippen LogP contribution in [0.5, 0.6) is 0 Å². The van der Waals surface area contributed by atoms with Gasteiger partial charge < -0.3 is 4.74 Å². The molecule has 0 aromatic carbocycles. The van der Waals surface area contributed by atoms with Crippen LogP contribution in [-0.4, -0.2) is 24.7 Å². The number of esters is 1. The lowest BCUT2D eigenvalue weighted by Gasteiger charge is -2.07. The van der Waals surface area contributed by atoms with Gasteiger partial charge in [-0.05, 0) is 19.3 Å². The van der Waals surface area contributed by atoms with Gasteiger partial charge >= 0.3 is 5.97 Å². The Kier molecular flexibility index (Phi) is 3.62. The van der Waals surface area contributed by atoms with Gasteiger partial charge in [0.15, 0.2) is 0 Å². The van der Waals surface area contributed by atoms with Gasteiger partial charge in [0, 0.05) is 6.92 Å². The maximum atomic E-state index is 11.3. The molecule has 78 valence electrons. The largest absolute Gasteiger partial charge is 0.469 e. The Labute approximate surface area is 82.5 Å². The molecule has 1 atom stereocenters. The molecule has 0 aliphatic heterocycles. The predicted octanol–water partition coefficient (Wildman–Crippen LogP) is 0.452. The summed E-state index contributed by atoms with van der Waals surface area (Å²) in [6, 6.07) is 0. The summed E-state index contributed by atoms with van der Waals surface area (Å²) in [5.41, 5.74) is 3.05. The summed E-state index contributed by atoms with van der Waals surface area (Å²) in [5.74, 6) is -0.772. The van der Waals surface area contributed by atoms with Gasteiger partial charge in [-0.1, -0.05) is 0 Å². The smallest absolute Gasteiger partial charge is 0.314 e. The quantitative estimate of drug-likeness (QED) is 0.517. The van der Waals surface area contributed by atoms with Crippen LogP contribution < -0.4 is 5.43 Å². The molecule has 1 N–H and O–H groups in total. The Morgan fingerprint density at radius 1 is 1.57 bits per heavy atom. The van der Waals surface area contributed by atoms with Gasteiger partial charge in [0.2, 0.25) is 5.91 Å². The van der Waals surface area contributed by atoms with Crippen LogP contribution in [0.4, 0.5) is 0 Å². The highest BCUT2D eigenvalue weighted by molar-refractivity contribution is 6.03. The maximum absolute atomic E-state index is 11.3. The molecule has 1 fully saturated rings. The average Bonchev–Trinajstić information content (AvgIpc) is 2.61. The number of hydrogen-bond acceptors (Lipinski definition) is 4. The van der Waals surface area contributed by atoms with Crippen molar-refractivity contribution in [2.45, 2.75) is 26.2 Å². The van der Waals surface area contributed by atoms with Gasteiger partial charge in [0.05, 0.1) is 18.7 Å². The van der Waals surface area contributed by atoms with Crippen LogP contribution in [0.15, 0.2) is 5.10 Å².